The van der Waals surface area contributed by atoms with Gasteiger partial charge in [-0.1, -0.05) is 12.1 Å². The highest BCUT2D eigenvalue weighted by atomic mass is 16.2. The van der Waals surface area contributed by atoms with E-state index in [1.165, 1.54) is 0 Å². The van der Waals surface area contributed by atoms with Crippen molar-refractivity contribution in [3.8, 4) is 6.07 Å². The van der Waals surface area contributed by atoms with Crippen molar-refractivity contribution in [2.75, 3.05) is 31.1 Å². The van der Waals surface area contributed by atoms with Gasteiger partial charge in [-0.05, 0) is 30.3 Å². The van der Waals surface area contributed by atoms with E-state index in [0.717, 1.165) is 18.9 Å². The average Bonchev–Trinajstić information content (AvgIpc) is 2.62. The van der Waals surface area contributed by atoms with Crippen LogP contribution in [-0.4, -0.2) is 42.0 Å². The highest BCUT2D eigenvalue weighted by Crippen LogP contribution is 2.15. The molecular weight excluding hydrogens is 276 g/mol. The van der Waals surface area contributed by atoms with Crippen LogP contribution in [0.15, 0.2) is 48.7 Å². The molecule has 110 valence electrons. The van der Waals surface area contributed by atoms with Crippen LogP contribution >= 0.6 is 0 Å². The van der Waals surface area contributed by atoms with E-state index in [2.05, 4.69) is 16.0 Å². The zero-order valence-corrected chi connectivity index (χ0v) is 12.1. The molecule has 0 aliphatic carbocycles. The highest BCUT2D eigenvalue weighted by molar-refractivity contribution is 5.94. The lowest BCUT2D eigenvalue weighted by Crippen LogP contribution is -2.49. The van der Waals surface area contributed by atoms with Crippen molar-refractivity contribution < 1.29 is 4.79 Å². The Labute approximate surface area is 129 Å². The van der Waals surface area contributed by atoms with Gasteiger partial charge in [-0.25, -0.2) is 4.98 Å². The third-order valence-corrected chi connectivity index (χ3v) is 3.78. The van der Waals surface area contributed by atoms with E-state index < -0.39 is 0 Å². The number of carbonyl (C=O) groups is 1. The van der Waals surface area contributed by atoms with Crippen molar-refractivity contribution in [3.63, 3.8) is 0 Å². The molecule has 0 spiro atoms. The van der Waals surface area contributed by atoms with E-state index in [0.29, 0.717) is 24.2 Å². The van der Waals surface area contributed by atoms with Gasteiger partial charge in [0.1, 0.15) is 5.82 Å². The fourth-order valence-electron chi connectivity index (χ4n) is 2.58. The summed E-state index contributed by atoms with van der Waals surface area (Å²) in [6.07, 6.45) is 1.78. The zero-order chi connectivity index (χ0) is 15.4. The summed E-state index contributed by atoms with van der Waals surface area (Å²) in [6.45, 7) is 2.85. The summed E-state index contributed by atoms with van der Waals surface area (Å²) in [5.41, 5.74) is 1.09. The van der Waals surface area contributed by atoms with Crippen LogP contribution in [0.4, 0.5) is 5.82 Å². The van der Waals surface area contributed by atoms with Crippen LogP contribution in [-0.2, 0) is 0 Å². The molecular formula is C17H16N4O. The lowest BCUT2D eigenvalue weighted by atomic mass is 10.1. The van der Waals surface area contributed by atoms with E-state index in [1.807, 2.05) is 23.1 Å². The summed E-state index contributed by atoms with van der Waals surface area (Å²) in [5, 5.41) is 8.93. The van der Waals surface area contributed by atoms with Crippen LogP contribution in [0.5, 0.6) is 0 Å². The summed E-state index contributed by atoms with van der Waals surface area (Å²) >= 11 is 0. The van der Waals surface area contributed by atoms with Crippen LogP contribution in [0.25, 0.3) is 0 Å². The second kappa shape index (κ2) is 6.27. The van der Waals surface area contributed by atoms with Crippen molar-refractivity contribution in [3.05, 3.63) is 59.8 Å². The molecule has 5 nitrogen and oxygen atoms in total. The fraction of sp³-hybridized carbons (Fsp3) is 0.235. The standard InChI is InChI=1S/C17H16N4O/c18-13-14-4-3-5-15(12-14)17(22)21-10-8-20(9-11-21)16-6-1-2-7-19-16/h1-7,12H,8-11H2. The van der Waals surface area contributed by atoms with Crippen LogP contribution < -0.4 is 4.90 Å². The minimum atomic E-state index is -0.0160. The molecule has 5 heteroatoms. The number of nitrogens with zero attached hydrogens (tertiary/aromatic N) is 4. The number of piperazine rings is 1. The molecule has 1 amide bonds. The smallest absolute Gasteiger partial charge is 0.254 e. The van der Waals surface area contributed by atoms with Gasteiger partial charge in [-0.15, -0.1) is 0 Å². The number of hydrogen-bond donors (Lipinski definition) is 0. The van der Waals surface area contributed by atoms with Gasteiger partial charge >= 0.3 is 0 Å². The minimum Gasteiger partial charge on any atom is -0.353 e. The Morgan fingerprint density at radius 2 is 1.91 bits per heavy atom. The number of hydrogen-bond acceptors (Lipinski definition) is 4. The molecule has 1 aliphatic rings. The van der Waals surface area contributed by atoms with Gasteiger partial charge in [0, 0.05) is 37.9 Å². The minimum absolute atomic E-state index is 0.0160. The third-order valence-electron chi connectivity index (χ3n) is 3.78. The van der Waals surface area contributed by atoms with Crippen molar-refractivity contribution in [2.24, 2.45) is 0 Å². The molecule has 0 bridgehead atoms. The highest BCUT2D eigenvalue weighted by Gasteiger charge is 2.22. The molecule has 1 aromatic heterocycles. The lowest BCUT2D eigenvalue weighted by molar-refractivity contribution is 0.0746. The Morgan fingerprint density at radius 3 is 2.59 bits per heavy atom. The Balaban J connectivity index is 1.66. The number of amides is 1. The van der Waals surface area contributed by atoms with Crippen molar-refractivity contribution >= 4 is 11.7 Å². The van der Waals surface area contributed by atoms with Crippen molar-refractivity contribution in [1.82, 2.24) is 9.88 Å². The van der Waals surface area contributed by atoms with E-state index in [-0.39, 0.29) is 5.91 Å². The molecule has 0 unspecified atom stereocenters. The maximum Gasteiger partial charge on any atom is 0.254 e. The van der Waals surface area contributed by atoms with Gasteiger partial charge in [-0.2, -0.15) is 5.26 Å². The number of carbonyl (C=O) groups excluding carboxylic acids is 1. The summed E-state index contributed by atoms with van der Waals surface area (Å²) in [7, 11) is 0. The number of benzene rings is 1. The second-order valence-corrected chi connectivity index (χ2v) is 5.16. The molecule has 3 rings (SSSR count). The predicted molar refractivity (Wildman–Crippen MR) is 83.5 cm³/mol. The molecule has 2 heterocycles. The van der Waals surface area contributed by atoms with Crippen LogP contribution in [0.3, 0.4) is 0 Å². The number of pyridine rings is 1. The van der Waals surface area contributed by atoms with Gasteiger partial charge in [0.25, 0.3) is 5.91 Å². The normalized spacial score (nSPS) is 14.5. The SMILES string of the molecule is N#Cc1cccc(C(=O)N2CCN(c3ccccn3)CC2)c1. The summed E-state index contributed by atoms with van der Waals surface area (Å²) in [6, 6.07) is 14.8. The van der Waals surface area contributed by atoms with Gasteiger partial charge in [0.2, 0.25) is 0 Å². The molecule has 1 saturated heterocycles. The number of nitriles is 1. The van der Waals surface area contributed by atoms with E-state index in [9.17, 15) is 4.79 Å². The average molecular weight is 292 g/mol. The Hall–Kier alpha value is -2.87. The first-order valence-corrected chi connectivity index (χ1v) is 7.23. The molecule has 0 radical (unpaired) electrons. The molecule has 0 saturated carbocycles. The second-order valence-electron chi connectivity index (χ2n) is 5.16. The zero-order valence-electron chi connectivity index (χ0n) is 12.1. The van der Waals surface area contributed by atoms with Gasteiger partial charge in [0.05, 0.1) is 11.6 Å². The molecule has 1 aromatic carbocycles. The maximum absolute atomic E-state index is 12.5. The number of rotatable bonds is 2. The predicted octanol–water partition coefficient (Wildman–Crippen LogP) is 1.92. The molecule has 1 aliphatic heterocycles. The molecule has 0 N–H and O–H groups in total. The topological polar surface area (TPSA) is 60.2 Å². The fourth-order valence-corrected chi connectivity index (χ4v) is 2.58. The summed E-state index contributed by atoms with van der Waals surface area (Å²) in [5.74, 6) is 0.929. The van der Waals surface area contributed by atoms with Crippen molar-refractivity contribution in [1.29, 1.82) is 5.26 Å². The molecule has 0 atom stereocenters. The molecule has 2 aromatic rings. The Bertz CT molecular complexity index is 700. The maximum atomic E-state index is 12.5. The first kappa shape index (κ1) is 14.1. The van der Waals surface area contributed by atoms with Gasteiger partial charge < -0.3 is 9.80 Å². The van der Waals surface area contributed by atoms with Crippen LogP contribution in [0, 0.1) is 11.3 Å². The van der Waals surface area contributed by atoms with Gasteiger partial charge in [-0.3, -0.25) is 4.79 Å². The van der Waals surface area contributed by atoms with Crippen molar-refractivity contribution in [2.45, 2.75) is 0 Å². The molecule has 22 heavy (non-hydrogen) atoms. The van der Waals surface area contributed by atoms with E-state index in [4.69, 9.17) is 5.26 Å². The number of aromatic nitrogens is 1. The third kappa shape index (κ3) is 2.91. The summed E-state index contributed by atoms with van der Waals surface area (Å²) in [4.78, 5) is 20.8. The Morgan fingerprint density at radius 1 is 1.09 bits per heavy atom. The molecule has 1 fully saturated rings. The summed E-state index contributed by atoms with van der Waals surface area (Å²) < 4.78 is 0. The monoisotopic (exact) mass is 292 g/mol. The Kier molecular flexibility index (Phi) is 4.01. The first-order valence-electron chi connectivity index (χ1n) is 7.23. The largest absolute Gasteiger partial charge is 0.353 e. The van der Waals surface area contributed by atoms with Crippen LogP contribution in [0.1, 0.15) is 15.9 Å². The van der Waals surface area contributed by atoms with Crippen LogP contribution in [0.2, 0.25) is 0 Å². The quantitative estimate of drug-likeness (QED) is 0.848. The van der Waals surface area contributed by atoms with Gasteiger partial charge in [0.15, 0.2) is 0 Å². The number of anilines is 1. The lowest BCUT2D eigenvalue weighted by Gasteiger charge is -2.35. The van der Waals surface area contributed by atoms with E-state index >= 15 is 0 Å². The van der Waals surface area contributed by atoms with E-state index in [1.54, 1.807) is 30.5 Å². The first-order chi connectivity index (χ1) is 10.8.